The lowest BCUT2D eigenvalue weighted by Crippen LogP contribution is -2.40. The molecule has 0 radical (unpaired) electrons. The largest absolute Gasteiger partial charge is 0.388 e. The Balaban J connectivity index is 1.70. The first-order valence-electron chi connectivity index (χ1n) is 7.06. The van der Waals surface area contributed by atoms with Crippen molar-refractivity contribution in [3.63, 3.8) is 0 Å². The molecular weight excluding hydrogens is 230 g/mol. The fourth-order valence-corrected chi connectivity index (χ4v) is 2.68. The van der Waals surface area contributed by atoms with Crippen LogP contribution in [-0.2, 0) is 4.74 Å². The molecule has 4 N–H and O–H groups in total. The van der Waals surface area contributed by atoms with E-state index in [0.717, 1.165) is 45.1 Å². The van der Waals surface area contributed by atoms with Crippen LogP contribution in [0.4, 0.5) is 0 Å². The van der Waals surface area contributed by atoms with E-state index < -0.39 is 5.60 Å². The highest BCUT2D eigenvalue weighted by molar-refractivity contribution is 5.77. The van der Waals surface area contributed by atoms with Crippen molar-refractivity contribution in [2.45, 2.75) is 56.7 Å². The predicted molar refractivity (Wildman–Crippen MR) is 71.5 cm³/mol. The summed E-state index contributed by atoms with van der Waals surface area (Å²) in [6.07, 6.45) is 7.57. The fraction of sp³-hybridized carbons (Fsp3) is 0.923. The minimum Gasteiger partial charge on any atom is -0.388 e. The zero-order valence-electron chi connectivity index (χ0n) is 11.0. The van der Waals surface area contributed by atoms with Crippen LogP contribution in [-0.4, -0.2) is 42.5 Å². The lowest BCUT2D eigenvalue weighted by molar-refractivity contribution is 0.0132. The number of hydrogen-bond acceptors (Lipinski definition) is 3. The molecule has 1 saturated heterocycles. The highest BCUT2D eigenvalue weighted by atomic mass is 16.5. The molecule has 2 rings (SSSR count). The summed E-state index contributed by atoms with van der Waals surface area (Å²) in [5, 5.41) is 13.4. The molecule has 1 heterocycles. The molecule has 0 spiro atoms. The van der Waals surface area contributed by atoms with Gasteiger partial charge in [0.2, 0.25) is 0 Å². The number of rotatable bonds is 4. The van der Waals surface area contributed by atoms with Gasteiger partial charge in [-0.05, 0) is 25.7 Å². The second-order valence-corrected chi connectivity index (χ2v) is 5.50. The van der Waals surface area contributed by atoms with Crippen molar-refractivity contribution in [1.29, 1.82) is 0 Å². The van der Waals surface area contributed by atoms with E-state index in [0.29, 0.717) is 19.0 Å². The molecule has 5 heteroatoms. The lowest BCUT2D eigenvalue weighted by Gasteiger charge is -2.30. The third-order valence-electron chi connectivity index (χ3n) is 3.86. The van der Waals surface area contributed by atoms with E-state index >= 15 is 0 Å². The molecule has 2 aliphatic rings. The predicted octanol–water partition coefficient (Wildman–Crippen LogP) is 0.765. The van der Waals surface area contributed by atoms with Crippen LogP contribution in [0, 0.1) is 0 Å². The van der Waals surface area contributed by atoms with E-state index in [-0.39, 0.29) is 6.10 Å². The highest BCUT2D eigenvalue weighted by Gasteiger charge is 2.28. The van der Waals surface area contributed by atoms with E-state index in [2.05, 4.69) is 10.3 Å². The Morgan fingerprint density at radius 2 is 2.11 bits per heavy atom. The van der Waals surface area contributed by atoms with Gasteiger partial charge in [0, 0.05) is 13.2 Å². The van der Waals surface area contributed by atoms with Crippen LogP contribution in [0.15, 0.2) is 4.99 Å². The van der Waals surface area contributed by atoms with Gasteiger partial charge in [0.15, 0.2) is 5.96 Å². The van der Waals surface area contributed by atoms with Gasteiger partial charge in [-0.2, -0.15) is 0 Å². The first kappa shape index (κ1) is 13.6. The summed E-state index contributed by atoms with van der Waals surface area (Å²) in [6, 6.07) is 0. The highest BCUT2D eigenvalue weighted by Crippen LogP contribution is 2.28. The smallest absolute Gasteiger partial charge is 0.188 e. The van der Waals surface area contributed by atoms with Crippen LogP contribution in [0.2, 0.25) is 0 Å². The first-order chi connectivity index (χ1) is 8.68. The van der Waals surface area contributed by atoms with Crippen molar-refractivity contribution in [1.82, 2.24) is 5.32 Å². The average molecular weight is 255 g/mol. The molecule has 2 fully saturated rings. The third-order valence-corrected chi connectivity index (χ3v) is 3.86. The normalized spacial score (nSPS) is 28.3. The van der Waals surface area contributed by atoms with E-state index in [1.807, 2.05) is 0 Å². The maximum Gasteiger partial charge on any atom is 0.188 e. The van der Waals surface area contributed by atoms with Gasteiger partial charge >= 0.3 is 0 Å². The third kappa shape index (κ3) is 4.14. The Kier molecular flexibility index (Phi) is 4.83. The number of ether oxygens (including phenoxy) is 1. The van der Waals surface area contributed by atoms with Gasteiger partial charge in [0.05, 0.1) is 18.2 Å². The zero-order chi connectivity index (χ0) is 12.8. The molecule has 1 aliphatic heterocycles. The Labute approximate surface area is 109 Å². The molecule has 1 unspecified atom stereocenters. The van der Waals surface area contributed by atoms with Crippen LogP contribution in [0.25, 0.3) is 0 Å². The van der Waals surface area contributed by atoms with Crippen LogP contribution in [0.3, 0.4) is 0 Å². The number of hydrogen-bond donors (Lipinski definition) is 3. The first-order valence-corrected chi connectivity index (χ1v) is 7.06. The molecule has 18 heavy (non-hydrogen) atoms. The number of nitrogens with one attached hydrogen (secondary N) is 1. The lowest BCUT2D eigenvalue weighted by atomic mass is 9.85. The molecule has 104 valence electrons. The maximum absolute atomic E-state index is 10.3. The number of aliphatic hydroxyl groups is 1. The monoisotopic (exact) mass is 255 g/mol. The van der Waals surface area contributed by atoms with Crippen LogP contribution < -0.4 is 11.1 Å². The Morgan fingerprint density at radius 3 is 2.78 bits per heavy atom. The van der Waals surface area contributed by atoms with Gasteiger partial charge in [0.25, 0.3) is 0 Å². The van der Waals surface area contributed by atoms with E-state index in [1.165, 1.54) is 6.42 Å². The molecule has 0 aromatic rings. The minimum atomic E-state index is -0.631. The van der Waals surface area contributed by atoms with Crippen molar-refractivity contribution < 1.29 is 9.84 Å². The quantitative estimate of drug-likeness (QED) is 0.512. The van der Waals surface area contributed by atoms with Crippen LogP contribution in [0.5, 0.6) is 0 Å². The van der Waals surface area contributed by atoms with Crippen molar-refractivity contribution in [3.8, 4) is 0 Å². The molecule has 1 saturated carbocycles. The minimum absolute atomic E-state index is 0.261. The molecule has 0 amide bonds. The Hall–Kier alpha value is -0.810. The summed E-state index contributed by atoms with van der Waals surface area (Å²) in [5.74, 6) is 0.421. The van der Waals surface area contributed by atoms with Gasteiger partial charge < -0.3 is 20.9 Å². The number of nitrogens with zero attached hydrogens (tertiary/aromatic N) is 1. The second-order valence-electron chi connectivity index (χ2n) is 5.50. The second kappa shape index (κ2) is 6.38. The van der Waals surface area contributed by atoms with E-state index in [1.54, 1.807) is 0 Å². The summed E-state index contributed by atoms with van der Waals surface area (Å²) in [5.41, 5.74) is 5.17. The SMILES string of the molecule is NC(=NCC1(O)CCCCC1)NCC1CCCO1. The van der Waals surface area contributed by atoms with Crippen molar-refractivity contribution in [3.05, 3.63) is 0 Å². The fourth-order valence-electron chi connectivity index (χ4n) is 2.68. The van der Waals surface area contributed by atoms with Gasteiger partial charge in [-0.15, -0.1) is 0 Å². The molecule has 5 nitrogen and oxygen atoms in total. The van der Waals surface area contributed by atoms with Gasteiger partial charge in [0.1, 0.15) is 0 Å². The molecule has 1 aliphatic carbocycles. The summed E-state index contributed by atoms with van der Waals surface area (Å²) in [4.78, 5) is 4.26. The van der Waals surface area contributed by atoms with Gasteiger partial charge in [-0.25, -0.2) is 0 Å². The van der Waals surface area contributed by atoms with Crippen molar-refractivity contribution in [2.24, 2.45) is 10.7 Å². The average Bonchev–Trinajstić information content (AvgIpc) is 2.88. The summed E-state index contributed by atoms with van der Waals surface area (Å²) in [7, 11) is 0. The van der Waals surface area contributed by atoms with Crippen molar-refractivity contribution in [2.75, 3.05) is 19.7 Å². The van der Waals surface area contributed by atoms with E-state index in [4.69, 9.17) is 10.5 Å². The van der Waals surface area contributed by atoms with Crippen molar-refractivity contribution >= 4 is 5.96 Å². The Morgan fingerprint density at radius 1 is 1.33 bits per heavy atom. The summed E-state index contributed by atoms with van der Waals surface area (Å²) in [6.45, 7) is 1.98. The summed E-state index contributed by atoms with van der Waals surface area (Å²) >= 11 is 0. The van der Waals surface area contributed by atoms with Gasteiger partial charge in [-0.3, -0.25) is 4.99 Å². The number of aliphatic imine (C=N–C) groups is 1. The molecule has 0 aromatic carbocycles. The number of nitrogens with two attached hydrogens (primary N) is 1. The Bertz CT molecular complexity index is 282. The number of guanidine groups is 1. The molecular formula is C13H25N3O2. The van der Waals surface area contributed by atoms with E-state index in [9.17, 15) is 5.11 Å². The summed E-state index contributed by atoms with van der Waals surface area (Å²) < 4.78 is 5.50. The van der Waals surface area contributed by atoms with Crippen LogP contribution >= 0.6 is 0 Å². The van der Waals surface area contributed by atoms with Gasteiger partial charge in [-0.1, -0.05) is 19.3 Å². The molecule has 0 aromatic heterocycles. The standard InChI is InChI=1S/C13H25N3O2/c14-12(15-9-11-5-4-8-18-11)16-10-13(17)6-2-1-3-7-13/h11,17H,1-10H2,(H3,14,15,16). The zero-order valence-corrected chi connectivity index (χ0v) is 11.0. The molecule has 0 bridgehead atoms. The van der Waals surface area contributed by atoms with Crippen LogP contribution in [0.1, 0.15) is 44.9 Å². The topological polar surface area (TPSA) is 79.9 Å². The maximum atomic E-state index is 10.3. The molecule has 1 atom stereocenters.